The fraction of sp³-hybridized carbons (Fsp3) is 0.333. The smallest absolute Gasteiger partial charge is 0.264 e. The Bertz CT molecular complexity index is 1460. The van der Waals surface area contributed by atoms with Crippen molar-refractivity contribution in [1.82, 2.24) is 10.2 Å². The van der Waals surface area contributed by atoms with Gasteiger partial charge in [-0.1, -0.05) is 60.0 Å². The third-order valence-corrected chi connectivity index (χ3v) is 9.29. The quantitative estimate of drug-likeness (QED) is 0.275. The van der Waals surface area contributed by atoms with Gasteiger partial charge in [-0.3, -0.25) is 13.9 Å². The van der Waals surface area contributed by atoms with Crippen LogP contribution >= 0.6 is 23.2 Å². The van der Waals surface area contributed by atoms with Crippen LogP contribution in [0.4, 0.5) is 5.69 Å². The number of methoxy groups -OCH3 is 1. The van der Waals surface area contributed by atoms with E-state index in [9.17, 15) is 18.0 Å². The Balaban J connectivity index is 2.04. The molecule has 3 aromatic carbocycles. The molecule has 0 saturated heterocycles. The molecule has 0 fully saturated rings. The molecule has 0 saturated carbocycles. The lowest BCUT2D eigenvalue weighted by Crippen LogP contribution is -2.52. The van der Waals surface area contributed by atoms with Gasteiger partial charge >= 0.3 is 0 Å². The largest absolute Gasteiger partial charge is 0.497 e. The van der Waals surface area contributed by atoms with Crippen molar-refractivity contribution < 1.29 is 22.7 Å². The van der Waals surface area contributed by atoms with E-state index in [-0.39, 0.29) is 39.1 Å². The fourth-order valence-electron chi connectivity index (χ4n) is 3.98. The van der Waals surface area contributed by atoms with Gasteiger partial charge in [0.25, 0.3) is 10.0 Å². The van der Waals surface area contributed by atoms with E-state index in [4.69, 9.17) is 27.9 Å². The molecule has 2 unspecified atom stereocenters. The number of sulfonamides is 1. The van der Waals surface area contributed by atoms with Gasteiger partial charge in [-0.25, -0.2) is 8.42 Å². The number of halogens is 2. The van der Waals surface area contributed by atoms with Crippen molar-refractivity contribution in [2.45, 2.75) is 57.6 Å². The van der Waals surface area contributed by atoms with Crippen LogP contribution in [0.5, 0.6) is 5.75 Å². The summed E-state index contributed by atoms with van der Waals surface area (Å²) in [6.45, 7) is 6.78. The highest BCUT2D eigenvalue weighted by Crippen LogP contribution is 2.31. The average Bonchev–Trinajstić information content (AvgIpc) is 2.96. The molecule has 1 N–H and O–H groups in total. The third kappa shape index (κ3) is 8.15. The zero-order chi connectivity index (χ0) is 30.3. The zero-order valence-electron chi connectivity index (χ0n) is 23.7. The van der Waals surface area contributed by atoms with Gasteiger partial charge in [0.05, 0.1) is 27.7 Å². The predicted molar refractivity (Wildman–Crippen MR) is 163 cm³/mol. The first-order valence-corrected chi connectivity index (χ1v) is 15.3. The number of aryl methyl sites for hydroxylation is 1. The number of nitrogens with zero attached hydrogens (tertiary/aromatic N) is 2. The van der Waals surface area contributed by atoms with Gasteiger partial charge in [0.2, 0.25) is 11.8 Å². The summed E-state index contributed by atoms with van der Waals surface area (Å²) in [6, 6.07) is 16.8. The first-order chi connectivity index (χ1) is 19.4. The second-order valence-corrected chi connectivity index (χ2v) is 12.5. The SMILES string of the molecule is CCC(C)NC(=O)C(C)N(Cc1ccc(OC)cc1)C(=O)CN(c1ccc(Cl)c(Cl)c1)S(=O)(=O)c1ccc(C)cc1. The molecule has 3 rings (SSSR count). The van der Waals surface area contributed by atoms with Gasteiger partial charge in [-0.15, -0.1) is 0 Å². The molecule has 11 heteroatoms. The Kier molecular flexibility index (Phi) is 11.1. The second kappa shape index (κ2) is 14.1. The zero-order valence-corrected chi connectivity index (χ0v) is 26.1. The Morgan fingerprint density at radius 3 is 2.15 bits per heavy atom. The molecule has 8 nitrogen and oxygen atoms in total. The Morgan fingerprint density at radius 1 is 0.951 bits per heavy atom. The number of carbonyl (C=O) groups excluding carboxylic acids is 2. The standard InChI is InChI=1S/C30H35Cl2N3O5S/c1-6-21(3)33-30(37)22(4)34(18-23-9-12-25(40-5)13-10-23)29(36)19-35(24-11-16-27(31)28(32)17-24)41(38,39)26-14-7-20(2)8-15-26/h7-17,21-22H,6,18-19H2,1-5H3,(H,33,37). The lowest BCUT2D eigenvalue weighted by molar-refractivity contribution is -0.139. The lowest BCUT2D eigenvalue weighted by Gasteiger charge is -2.32. The maximum absolute atomic E-state index is 14.0. The number of benzene rings is 3. The van der Waals surface area contributed by atoms with Crippen LogP contribution in [0.1, 0.15) is 38.3 Å². The molecule has 0 aromatic heterocycles. The van der Waals surface area contributed by atoms with Crippen molar-refractivity contribution in [2.75, 3.05) is 18.0 Å². The molecule has 0 spiro atoms. The fourth-order valence-corrected chi connectivity index (χ4v) is 5.68. The van der Waals surface area contributed by atoms with E-state index in [0.29, 0.717) is 12.2 Å². The van der Waals surface area contributed by atoms with E-state index >= 15 is 0 Å². The molecule has 0 aliphatic carbocycles. The minimum atomic E-state index is -4.21. The Hall–Kier alpha value is -3.27. The van der Waals surface area contributed by atoms with Crippen LogP contribution in [0.15, 0.2) is 71.6 Å². The number of hydrogen-bond donors (Lipinski definition) is 1. The van der Waals surface area contributed by atoms with E-state index in [1.807, 2.05) is 20.8 Å². The molecular formula is C30H35Cl2N3O5S. The van der Waals surface area contributed by atoms with Crippen LogP contribution in [0, 0.1) is 6.92 Å². The van der Waals surface area contributed by atoms with Crippen LogP contribution in [0.25, 0.3) is 0 Å². The van der Waals surface area contributed by atoms with Gasteiger partial charge in [-0.05, 0) is 75.2 Å². The number of amides is 2. The summed E-state index contributed by atoms with van der Waals surface area (Å²) < 4.78 is 34.0. The average molecular weight is 621 g/mol. The van der Waals surface area contributed by atoms with Gasteiger partial charge in [0.1, 0.15) is 18.3 Å². The van der Waals surface area contributed by atoms with Crippen LogP contribution < -0.4 is 14.4 Å². The number of rotatable bonds is 12. The molecule has 3 aromatic rings. The third-order valence-electron chi connectivity index (χ3n) is 6.76. The first-order valence-electron chi connectivity index (χ1n) is 13.1. The van der Waals surface area contributed by atoms with Gasteiger partial charge < -0.3 is 15.0 Å². The van der Waals surface area contributed by atoms with Crippen molar-refractivity contribution in [3.05, 3.63) is 87.9 Å². The van der Waals surface area contributed by atoms with Gasteiger partial charge in [-0.2, -0.15) is 0 Å². The maximum atomic E-state index is 14.0. The second-order valence-electron chi connectivity index (χ2n) is 9.79. The van der Waals surface area contributed by atoms with E-state index in [1.54, 1.807) is 50.4 Å². The minimum Gasteiger partial charge on any atom is -0.497 e. The molecule has 0 bridgehead atoms. The molecule has 2 amide bonds. The highest BCUT2D eigenvalue weighted by molar-refractivity contribution is 7.92. The van der Waals surface area contributed by atoms with E-state index in [2.05, 4.69) is 5.32 Å². The number of hydrogen-bond acceptors (Lipinski definition) is 5. The Morgan fingerprint density at radius 2 is 1.59 bits per heavy atom. The monoisotopic (exact) mass is 619 g/mol. The summed E-state index contributed by atoms with van der Waals surface area (Å²) in [5.41, 5.74) is 1.78. The summed E-state index contributed by atoms with van der Waals surface area (Å²) in [7, 11) is -2.66. The highest BCUT2D eigenvalue weighted by atomic mass is 35.5. The summed E-state index contributed by atoms with van der Waals surface area (Å²) >= 11 is 12.4. The van der Waals surface area contributed by atoms with Gasteiger partial charge in [0, 0.05) is 12.6 Å². The van der Waals surface area contributed by atoms with Crippen LogP contribution in [0.2, 0.25) is 10.0 Å². The summed E-state index contributed by atoms with van der Waals surface area (Å²) in [5.74, 6) is -0.276. The number of nitrogens with one attached hydrogen (secondary N) is 1. The highest BCUT2D eigenvalue weighted by Gasteiger charge is 2.33. The van der Waals surface area contributed by atoms with Crippen LogP contribution in [-0.2, 0) is 26.2 Å². The lowest BCUT2D eigenvalue weighted by atomic mass is 10.1. The molecule has 41 heavy (non-hydrogen) atoms. The van der Waals surface area contributed by atoms with Crippen molar-refractivity contribution in [1.29, 1.82) is 0 Å². The van der Waals surface area contributed by atoms with E-state index in [1.165, 1.54) is 35.2 Å². The van der Waals surface area contributed by atoms with Crippen molar-refractivity contribution in [3.8, 4) is 5.75 Å². The number of anilines is 1. The summed E-state index contributed by atoms with van der Waals surface area (Å²) in [5, 5.41) is 3.29. The molecular weight excluding hydrogens is 585 g/mol. The molecule has 2 atom stereocenters. The Labute approximate surface area is 252 Å². The molecule has 0 aliphatic rings. The van der Waals surface area contributed by atoms with Crippen molar-refractivity contribution in [2.24, 2.45) is 0 Å². The molecule has 0 heterocycles. The topological polar surface area (TPSA) is 96.0 Å². The van der Waals surface area contributed by atoms with Crippen molar-refractivity contribution >= 4 is 50.7 Å². The summed E-state index contributed by atoms with van der Waals surface area (Å²) in [4.78, 5) is 28.5. The van der Waals surface area contributed by atoms with Gasteiger partial charge in [0.15, 0.2) is 0 Å². The molecule has 0 radical (unpaired) electrons. The van der Waals surface area contributed by atoms with Crippen LogP contribution in [0.3, 0.4) is 0 Å². The predicted octanol–water partition coefficient (Wildman–Crippen LogP) is 5.84. The molecule has 0 aliphatic heterocycles. The van der Waals surface area contributed by atoms with E-state index in [0.717, 1.165) is 15.4 Å². The maximum Gasteiger partial charge on any atom is 0.264 e. The van der Waals surface area contributed by atoms with Crippen molar-refractivity contribution in [3.63, 3.8) is 0 Å². The normalized spacial score (nSPS) is 12.8. The van der Waals surface area contributed by atoms with E-state index < -0.39 is 28.5 Å². The number of ether oxygens (including phenoxy) is 1. The molecule has 220 valence electrons. The van der Waals surface area contributed by atoms with Crippen LogP contribution in [-0.4, -0.2) is 50.9 Å². The number of carbonyl (C=O) groups is 2. The first kappa shape index (κ1) is 32.2. The summed E-state index contributed by atoms with van der Waals surface area (Å²) in [6.07, 6.45) is 0.713. The minimum absolute atomic E-state index is 0.00578.